The Labute approximate surface area is 228 Å². The molecule has 38 heavy (non-hydrogen) atoms. The molecule has 1 N–H and O–H groups in total. The average Bonchev–Trinajstić information content (AvgIpc) is 2.90. The lowest BCUT2D eigenvalue weighted by molar-refractivity contribution is 0.00191. The van der Waals surface area contributed by atoms with Crippen LogP contribution in [0, 0.1) is 0 Å². The van der Waals surface area contributed by atoms with Crippen LogP contribution in [0.1, 0.15) is 60.3 Å². The number of carbonyl (C=O) groups is 2. The van der Waals surface area contributed by atoms with E-state index in [-0.39, 0.29) is 18.6 Å². The van der Waals surface area contributed by atoms with Crippen LogP contribution in [0.15, 0.2) is 60.8 Å². The van der Waals surface area contributed by atoms with Crippen LogP contribution in [0.25, 0.3) is 11.1 Å². The number of ether oxygens (including phenoxy) is 2. The van der Waals surface area contributed by atoms with Crippen molar-refractivity contribution in [2.75, 3.05) is 13.7 Å². The number of aliphatic hydroxyl groups is 1. The quantitative estimate of drug-likeness (QED) is 0.306. The number of hydrogen-bond donors (Lipinski definition) is 1. The fraction of sp³-hybridized carbons (Fsp3) is 0.367. The minimum Gasteiger partial charge on any atom is -0.465 e. The molecule has 0 spiro atoms. The molecule has 0 radical (unpaired) electrons. The number of rotatable bonds is 6. The van der Waals surface area contributed by atoms with Crippen LogP contribution < -0.4 is 0 Å². The van der Waals surface area contributed by atoms with Gasteiger partial charge in [0.1, 0.15) is 10.8 Å². The lowest BCUT2D eigenvalue weighted by Crippen LogP contribution is -2.47. The second kappa shape index (κ2) is 11.5. The van der Waals surface area contributed by atoms with E-state index in [0.717, 1.165) is 29.5 Å². The van der Waals surface area contributed by atoms with E-state index >= 15 is 0 Å². The van der Waals surface area contributed by atoms with Crippen molar-refractivity contribution in [1.82, 2.24) is 9.88 Å². The molecule has 2 atom stereocenters. The molecule has 1 amide bonds. The summed E-state index contributed by atoms with van der Waals surface area (Å²) >= 11 is 5.90. The van der Waals surface area contributed by atoms with Gasteiger partial charge in [-0.3, -0.25) is 0 Å². The van der Waals surface area contributed by atoms with Crippen molar-refractivity contribution < 1.29 is 24.2 Å². The molecule has 3 aromatic rings. The molecule has 1 aliphatic carbocycles. The Morgan fingerprint density at radius 3 is 2.42 bits per heavy atom. The first-order valence-corrected chi connectivity index (χ1v) is 13.0. The summed E-state index contributed by atoms with van der Waals surface area (Å²) in [7, 11) is 1.36. The van der Waals surface area contributed by atoms with E-state index < -0.39 is 17.8 Å². The van der Waals surface area contributed by atoms with Crippen molar-refractivity contribution in [3.05, 3.63) is 88.2 Å². The van der Waals surface area contributed by atoms with Crippen LogP contribution in [-0.2, 0) is 22.3 Å². The van der Waals surface area contributed by atoms with E-state index in [4.69, 9.17) is 21.1 Å². The lowest BCUT2D eigenvalue weighted by Gasteiger charge is -2.37. The number of amides is 1. The smallest absolute Gasteiger partial charge is 0.410 e. The molecule has 0 bridgehead atoms. The summed E-state index contributed by atoms with van der Waals surface area (Å²) in [4.78, 5) is 30.8. The highest BCUT2D eigenvalue weighted by atomic mass is 35.5. The Morgan fingerprint density at radius 2 is 1.79 bits per heavy atom. The van der Waals surface area contributed by atoms with E-state index in [1.54, 1.807) is 29.2 Å². The third kappa shape index (κ3) is 6.71. The zero-order chi connectivity index (χ0) is 27.4. The normalized spacial score (nSPS) is 15.8. The molecule has 0 aliphatic heterocycles. The van der Waals surface area contributed by atoms with Crippen molar-refractivity contribution in [2.45, 2.75) is 57.8 Å². The zero-order valence-electron chi connectivity index (χ0n) is 22.1. The zero-order valence-corrected chi connectivity index (χ0v) is 22.9. The first-order valence-electron chi connectivity index (χ1n) is 12.6. The number of esters is 1. The summed E-state index contributed by atoms with van der Waals surface area (Å²) in [5.41, 5.74) is 4.80. The van der Waals surface area contributed by atoms with Gasteiger partial charge in [-0.15, -0.1) is 0 Å². The van der Waals surface area contributed by atoms with Crippen molar-refractivity contribution in [3.8, 4) is 11.1 Å². The Kier molecular flexibility index (Phi) is 8.38. The largest absolute Gasteiger partial charge is 0.465 e. The van der Waals surface area contributed by atoms with E-state index in [2.05, 4.69) is 23.2 Å². The number of halogens is 1. The lowest BCUT2D eigenvalue weighted by atomic mass is 9.85. The number of aryl methyl sites for hydroxylation is 1. The predicted molar refractivity (Wildman–Crippen MR) is 146 cm³/mol. The predicted octanol–water partition coefficient (Wildman–Crippen LogP) is 6.02. The summed E-state index contributed by atoms with van der Waals surface area (Å²) in [6, 6.07) is 16.8. The molecule has 1 aliphatic rings. The Hall–Kier alpha value is -3.42. The van der Waals surface area contributed by atoms with Gasteiger partial charge < -0.3 is 19.5 Å². The summed E-state index contributed by atoms with van der Waals surface area (Å²) in [6.45, 7) is 5.57. The van der Waals surface area contributed by atoms with E-state index in [9.17, 15) is 14.7 Å². The maximum atomic E-state index is 13.3. The summed E-state index contributed by atoms with van der Waals surface area (Å²) in [6.07, 6.45) is 2.32. The van der Waals surface area contributed by atoms with Gasteiger partial charge >= 0.3 is 12.1 Å². The molecule has 0 saturated heterocycles. The number of aromatic nitrogens is 1. The van der Waals surface area contributed by atoms with Gasteiger partial charge in [-0.25, -0.2) is 14.6 Å². The van der Waals surface area contributed by atoms with Crippen molar-refractivity contribution >= 4 is 23.7 Å². The molecule has 0 fully saturated rings. The highest BCUT2D eigenvalue weighted by Gasteiger charge is 2.33. The first-order chi connectivity index (χ1) is 18.0. The minimum atomic E-state index is -0.937. The first kappa shape index (κ1) is 27.6. The maximum Gasteiger partial charge on any atom is 0.410 e. The average molecular weight is 537 g/mol. The molecule has 1 heterocycles. The molecule has 0 saturated carbocycles. The van der Waals surface area contributed by atoms with Crippen LogP contribution in [0.3, 0.4) is 0 Å². The molecular formula is C30H33ClN2O5. The molecule has 8 heteroatoms. The van der Waals surface area contributed by atoms with Gasteiger partial charge in [0, 0.05) is 17.8 Å². The van der Waals surface area contributed by atoms with Crippen LogP contribution in [0.5, 0.6) is 0 Å². The maximum absolute atomic E-state index is 13.3. The van der Waals surface area contributed by atoms with Gasteiger partial charge in [-0.05, 0) is 80.5 Å². The minimum absolute atomic E-state index is 0.0763. The number of carbonyl (C=O) groups excluding carboxylic acids is 2. The van der Waals surface area contributed by atoms with Crippen molar-refractivity contribution in [2.24, 2.45) is 0 Å². The number of hydrogen-bond acceptors (Lipinski definition) is 6. The van der Waals surface area contributed by atoms with Crippen molar-refractivity contribution in [3.63, 3.8) is 0 Å². The van der Waals surface area contributed by atoms with Gasteiger partial charge in [-0.1, -0.05) is 48.0 Å². The number of nitrogens with zero attached hydrogens (tertiary/aromatic N) is 2. The Morgan fingerprint density at radius 1 is 1.08 bits per heavy atom. The van der Waals surface area contributed by atoms with Gasteiger partial charge in [0.05, 0.1) is 25.3 Å². The topological polar surface area (TPSA) is 89.0 Å². The Bertz CT molecular complexity index is 1290. The second-order valence-electron chi connectivity index (χ2n) is 10.5. The van der Waals surface area contributed by atoms with E-state index in [0.29, 0.717) is 22.7 Å². The highest BCUT2D eigenvalue weighted by Crippen LogP contribution is 2.31. The fourth-order valence-corrected chi connectivity index (χ4v) is 4.78. The summed E-state index contributed by atoms with van der Waals surface area (Å²) < 4.78 is 10.5. The molecule has 2 aromatic carbocycles. The summed E-state index contributed by atoms with van der Waals surface area (Å²) in [5.74, 6) is -0.372. The van der Waals surface area contributed by atoms with Crippen LogP contribution in [0.4, 0.5) is 4.79 Å². The van der Waals surface area contributed by atoms with Crippen LogP contribution in [0.2, 0.25) is 5.15 Å². The number of fused-ring (bicyclic) bond motifs is 1. The standard InChI is InChI=1S/C30H33ClN2O5/c1-30(2,3)38-29(36)33(18-26(34)23-12-14-27(31)32-17-23)25-13-11-20-7-10-22(15-24(20)16-25)19-5-8-21(9-6-19)28(35)37-4/h5-10,12,14-15,17,25-26,34H,11,13,16,18H2,1-4H3. The van der Waals surface area contributed by atoms with Gasteiger partial charge in [0.25, 0.3) is 0 Å². The van der Waals surface area contributed by atoms with Gasteiger partial charge in [0.15, 0.2) is 0 Å². The van der Waals surface area contributed by atoms with Gasteiger partial charge in [0.2, 0.25) is 0 Å². The van der Waals surface area contributed by atoms with Crippen molar-refractivity contribution in [1.29, 1.82) is 0 Å². The Balaban J connectivity index is 1.58. The molecule has 4 rings (SSSR count). The SMILES string of the molecule is COC(=O)c1ccc(-c2ccc3c(c2)CC(N(CC(O)c2ccc(Cl)nc2)C(=O)OC(C)(C)C)CC3)cc1. The van der Waals surface area contributed by atoms with E-state index in [1.165, 1.54) is 18.9 Å². The third-order valence-electron chi connectivity index (χ3n) is 6.62. The van der Waals surface area contributed by atoms with Crippen LogP contribution >= 0.6 is 11.6 Å². The second-order valence-corrected chi connectivity index (χ2v) is 10.9. The summed E-state index contributed by atoms with van der Waals surface area (Å²) in [5, 5.41) is 11.3. The molecule has 1 aromatic heterocycles. The molecule has 200 valence electrons. The number of pyridine rings is 1. The molecule has 2 unspecified atom stereocenters. The third-order valence-corrected chi connectivity index (χ3v) is 6.85. The number of benzene rings is 2. The number of aliphatic hydroxyl groups excluding tert-OH is 1. The molecular weight excluding hydrogens is 504 g/mol. The monoisotopic (exact) mass is 536 g/mol. The highest BCUT2D eigenvalue weighted by molar-refractivity contribution is 6.29. The number of methoxy groups -OCH3 is 1. The van der Waals surface area contributed by atoms with E-state index in [1.807, 2.05) is 32.9 Å². The van der Waals surface area contributed by atoms with Gasteiger partial charge in [-0.2, -0.15) is 0 Å². The fourth-order valence-electron chi connectivity index (χ4n) is 4.67. The molecule has 7 nitrogen and oxygen atoms in total. The van der Waals surface area contributed by atoms with Crippen LogP contribution in [-0.4, -0.2) is 52.4 Å².